The maximum absolute atomic E-state index is 13.0. The lowest BCUT2D eigenvalue weighted by Gasteiger charge is -2.14. The van der Waals surface area contributed by atoms with Crippen molar-refractivity contribution < 1.29 is 19.1 Å². The van der Waals surface area contributed by atoms with Crippen LogP contribution in [0.25, 0.3) is 16.8 Å². The highest BCUT2D eigenvalue weighted by Crippen LogP contribution is 2.37. The van der Waals surface area contributed by atoms with Crippen molar-refractivity contribution in [1.82, 2.24) is 4.90 Å². The molecule has 7 heteroatoms. The van der Waals surface area contributed by atoms with Crippen LogP contribution in [0, 0.1) is 3.57 Å². The maximum Gasteiger partial charge on any atom is 0.293 e. The molecule has 0 spiro atoms. The molecule has 0 aromatic heterocycles. The molecule has 152 valence electrons. The van der Waals surface area contributed by atoms with Crippen LogP contribution in [0.5, 0.6) is 11.5 Å². The van der Waals surface area contributed by atoms with Gasteiger partial charge in [-0.05, 0) is 74.5 Å². The molecule has 0 N–H and O–H groups in total. The van der Waals surface area contributed by atoms with Crippen molar-refractivity contribution in [1.29, 1.82) is 0 Å². The fourth-order valence-electron chi connectivity index (χ4n) is 3.41. The van der Waals surface area contributed by atoms with Crippen molar-refractivity contribution >= 4 is 62.3 Å². The summed E-state index contributed by atoms with van der Waals surface area (Å²) in [4.78, 5) is 27.3. The molecule has 2 amide bonds. The molecule has 4 rings (SSSR count). The lowest BCUT2D eigenvalue weighted by atomic mass is 10.0. The maximum atomic E-state index is 13.0. The average molecular weight is 531 g/mol. The fourth-order valence-corrected chi connectivity index (χ4v) is 5.09. The van der Waals surface area contributed by atoms with Crippen molar-refractivity contribution in [3.05, 3.63) is 74.2 Å². The Labute approximate surface area is 192 Å². The molecule has 0 unspecified atom stereocenters. The summed E-state index contributed by atoms with van der Waals surface area (Å²) in [6.07, 6.45) is 1.72. The summed E-state index contributed by atoms with van der Waals surface area (Å²) in [6, 6.07) is 17.5. The number of halogens is 1. The Balaban J connectivity index is 1.64. The highest BCUT2D eigenvalue weighted by atomic mass is 127. The standard InChI is InChI=1S/C23H18INO4S/c1-28-19-11-14(10-18(24)21(19)29-2)12-20-22(26)25(23(27)30-20)13-16-8-5-7-15-6-3-4-9-17(15)16/h3-12H,13H2,1-2H3/b20-12-. The molecule has 3 aromatic rings. The van der Waals surface area contributed by atoms with Crippen molar-refractivity contribution in [2.24, 2.45) is 0 Å². The Morgan fingerprint density at radius 3 is 2.57 bits per heavy atom. The Morgan fingerprint density at radius 2 is 1.80 bits per heavy atom. The second-order valence-electron chi connectivity index (χ2n) is 6.64. The molecule has 30 heavy (non-hydrogen) atoms. The molecule has 1 heterocycles. The van der Waals surface area contributed by atoms with E-state index in [0.717, 1.165) is 37.2 Å². The molecule has 1 aliphatic heterocycles. The molecule has 5 nitrogen and oxygen atoms in total. The van der Waals surface area contributed by atoms with Gasteiger partial charge in [-0.25, -0.2) is 0 Å². The van der Waals surface area contributed by atoms with Crippen molar-refractivity contribution in [3.8, 4) is 11.5 Å². The third-order valence-corrected chi connectivity index (χ3v) is 6.54. The van der Waals surface area contributed by atoms with Crippen LogP contribution in [0.1, 0.15) is 11.1 Å². The molecule has 0 aliphatic carbocycles. The SMILES string of the molecule is COc1cc(/C=C2\SC(=O)N(Cc3cccc4ccccc34)C2=O)cc(I)c1OC. The Hall–Kier alpha value is -2.52. The predicted molar refractivity (Wildman–Crippen MR) is 128 cm³/mol. The van der Waals surface area contributed by atoms with Crippen LogP contribution in [-0.4, -0.2) is 30.3 Å². The van der Waals surface area contributed by atoms with Crippen molar-refractivity contribution in [2.75, 3.05) is 14.2 Å². The number of carbonyl (C=O) groups is 2. The first-order valence-electron chi connectivity index (χ1n) is 9.15. The van der Waals surface area contributed by atoms with Crippen LogP contribution in [0.3, 0.4) is 0 Å². The number of nitrogens with zero attached hydrogens (tertiary/aromatic N) is 1. The third kappa shape index (κ3) is 3.91. The number of hydrogen-bond donors (Lipinski definition) is 0. The number of rotatable bonds is 5. The van der Waals surface area contributed by atoms with E-state index in [4.69, 9.17) is 9.47 Å². The normalized spacial score (nSPS) is 15.3. The van der Waals surface area contributed by atoms with Crippen molar-refractivity contribution in [2.45, 2.75) is 6.54 Å². The Kier molecular flexibility index (Phi) is 6.01. The number of carbonyl (C=O) groups excluding carboxylic acids is 2. The van der Waals surface area contributed by atoms with Crippen LogP contribution in [-0.2, 0) is 11.3 Å². The first kappa shape index (κ1) is 20.7. The molecule has 1 fully saturated rings. The molecule has 0 saturated carbocycles. The number of thioether (sulfide) groups is 1. The molecule has 1 aliphatic rings. The zero-order valence-corrected chi connectivity index (χ0v) is 19.3. The number of fused-ring (bicyclic) bond motifs is 1. The highest BCUT2D eigenvalue weighted by Gasteiger charge is 2.35. The van der Waals surface area contributed by atoms with E-state index in [0.29, 0.717) is 16.4 Å². The van der Waals surface area contributed by atoms with Gasteiger partial charge >= 0.3 is 0 Å². The third-order valence-electron chi connectivity index (χ3n) is 4.84. The molecule has 0 atom stereocenters. The summed E-state index contributed by atoms with van der Waals surface area (Å²) >= 11 is 3.11. The van der Waals surface area contributed by atoms with E-state index in [1.54, 1.807) is 26.4 Å². The van der Waals surface area contributed by atoms with Crippen LogP contribution in [0.15, 0.2) is 59.5 Å². The van der Waals surface area contributed by atoms with Gasteiger partial charge in [-0.2, -0.15) is 0 Å². The monoisotopic (exact) mass is 531 g/mol. The summed E-state index contributed by atoms with van der Waals surface area (Å²) < 4.78 is 11.6. The summed E-state index contributed by atoms with van der Waals surface area (Å²) in [6.45, 7) is 0.243. The minimum atomic E-state index is -0.289. The molecule has 0 radical (unpaired) electrons. The minimum Gasteiger partial charge on any atom is -0.493 e. The van der Waals surface area contributed by atoms with E-state index >= 15 is 0 Å². The van der Waals surface area contributed by atoms with Gasteiger partial charge in [-0.15, -0.1) is 0 Å². The van der Waals surface area contributed by atoms with Crippen LogP contribution < -0.4 is 9.47 Å². The van der Waals surface area contributed by atoms with Gasteiger partial charge in [-0.1, -0.05) is 42.5 Å². The van der Waals surface area contributed by atoms with E-state index < -0.39 is 0 Å². The Morgan fingerprint density at radius 1 is 1.03 bits per heavy atom. The quantitative estimate of drug-likeness (QED) is 0.313. The predicted octanol–water partition coefficient (Wildman–Crippen LogP) is 5.70. The average Bonchev–Trinajstić information content (AvgIpc) is 3.01. The second-order valence-corrected chi connectivity index (χ2v) is 8.80. The number of benzene rings is 3. The number of ether oxygens (including phenoxy) is 2. The zero-order valence-electron chi connectivity index (χ0n) is 16.3. The fraction of sp³-hybridized carbons (Fsp3) is 0.130. The molecular weight excluding hydrogens is 513 g/mol. The lowest BCUT2D eigenvalue weighted by molar-refractivity contribution is -0.123. The van der Waals surface area contributed by atoms with Gasteiger partial charge in [0.15, 0.2) is 11.5 Å². The summed E-state index contributed by atoms with van der Waals surface area (Å²) in [5.74, 6) is 0.924. The van der Waals surface area contributed by atoms with Gasteiger partial charge in [0.2, 0.25) is 0 Å². The van der Waals surface area contributed by atoms with Crippen LogP contribution >= 0.6 is 34.4 Å². The smallest absolute Gasteiger partial charge is 0.293 e. The van der Waals surface area contributed by atoms with E-state index in [1.165, 1.54) is 4.90 Å². The highest BCUT2D eigenvalue weighted by molar-refractivity contribution is 14.1. The summed E-state index contributed by atoms with van der Waals surface area (Å²) in [5, 5.41) is 1.85. The first-order chi connectivity index (χ1) is 14.5. The molecule has 3 aromatic carbocycles. The van der Waals surface area contributed by atoms with E-state index in [9.17, 15) is 9.59 Å². The summed E-state index contributed by atoms with van der Waals surface area (Å²) in [5.41, 5.74) is 1.71. The van der Waals surface area contributed by atoms with Gasteiger partial charge in [0.05, 0.1) is 29.2 Å². The lowest BCUT2D eigenvalue weighted by Crippen LogP contribution is -2.27. The van der Waals surface area contributed by atoms with Crippen molar-refractivity contribution in [3.63, 3.8) is 0 Å². The zero-order chi connectivity index (χ0) is 21.3. The van der Waals surface area contributed by atoms with Gasteiger partial charge in [0.1, 0.15) is 0 Å². The van der Waals surface area contributed by atoms with E-state index in [2.05, 4.69) is 22.6 Å². The molecule has 0 bridgehead atoms. The number of hydrogen-bond acceptors (Lipinski definition) is 5. The summed E-state index contributed by atoms with van der Waals surface area (Å²) in [7, 11) is 3.15. The van der Waals surface area contributed by atoms with Crippen LogP contribution in [0.4, 0.5) is 4.79 Å². The number of imide groups is 1. The van der Waals surface area contributed by atoms with Crippen LogP contribution in [0.2, 0.25) is 0 Å². The van der Waals surface area contributed by atoms with E-state index in [1.807, 2.05) is 48.5 Å². The minimum absolute atomic E-state index is 0.243. The number of amides is 2. The van der Waals surface area contributed by atoms with Gasteiger partial charge in [-0.3, -0.25) is 14.5 Å². The van der Waals surface area contributed by atoms with Gasteiger partial charge in [0, 0.05) is 0 Å². The molecule has 1 saturated heterocycles. The first-order valence-corrected chi connectivity index (χ1v) is 11.0. The molecular formula is C23H18INO4S. The Bertz CT molecular complexity index is 1190. The van der Waals surface area contributed by atoms with Gasteiger partial charge in [0.25, 0.3) is 11.1 Å². The topological polar surface area (TPSA) is 55.8 Å². The largest absolute Gasteiger partial charge is 0.493 e. The van der Waals surface area contributed by atoms with Gasteiger partial charge < -0.3 is 9.47 Å². The second kappa shape index (κ2) is 8.69. The van der Waals surface area contributed by atoms with E-state index in [-0.39, 0.29) is 17.7 Å². The number of methoxy groups -OCH3 is 2.